The van der Waals surface area contributed by atoms with Crippen molar-refractivity contribution in [3.05, 3.63) is 77.9 Å². The maximum atomic E-state index is 13.7. The molecule has 1 aromatic heterocycles. The smallest absolute Gasteiger partial charge is 0.261 e. The van der Waals surface area contributed by atoms with Crippen LogP contribution in [0, 0.1) is 0 Å². The minimum absolute atomic E-state index is 0.0919. The maximum Gasteiger partial charge on any atom is 0.261 e. The molecule has 0 saturated carbocycles. The number of ether oxygens (including phenoxy) is 2. The minimum atomic E-state index is -0.0919. The molecule has 0 bridgehead atoms. The van der Waals surface area contributed by atoms with Gasteiger partial charge in [-0.3, -0.25) is 9.69 Å². The van der Waals surface area contributed by atoms with Crippen LogP contribution in [-0.2, 0) is 6.54 Å². The van der Waals surface area contributed by atoms with Crippen LogP contribution < -0.4 is 14.4 Å². The van der Waals surface area contributed by atoms with E-state index in [1.807, 2.05) is 73.0 Å². The van der Waals surface area contributed by atoms with Crippen LogP contribution in [0.4, 0.5) is 5.13 Å². The number of hydrogen-bond donors (Lipinski definition) is 0. The first kappa shape index (κ1) is 21.2. The topological polar surface area (TPSA) is 51.7 Å². The zero-order valence-electron chi connectivity index (χ0n) is 17.5. The van der Waals surface area contributed by atoms with E-state index < -0.39 is 0 Å². The monoisotopic (exact) mass is 450 g/mol. The van der Waals surface area contributed by atoms with Gasteiger partial charge in [-0.2, -0.15) is 0 Å². The number of amides is 1. The lowest BCUT2D eigenvalue weighted by atomic mass is 10.1. The van der Waals surface area contributed by atoms with Crippen LogP contribution in [0.3, 0.4) is 0 Å². The van der Waals surface area contributed by atoms with Crippen LogP contribution in [-0.4, -0.2) is 31.4 Å². The van der Waals surface area contributed by atoms with Crippen molar-refractivity contribution in [3.8, 4) is 11.5 Å². The van der Waals surface area contributed by atoms with Crippen molar-refractivity contribution in [3.63, 3.8) is 0 Å². The lowest BCUT2D eigenvalue weighted by Gasteiger charge is -2.21. The number of rotatable bonds is 7. The molecule has 31 heavy (non-hydrogen) atoms. The van der Waals surface area contributed by atoms with E-state index in [0.29, 0.717) is 34.3 Å². The summed E-state index contributed by atoms with van der Waals surface area (Å²) < 4.78 is 11.9. The van der Waals surface area contributed by atoms with Crippen molar-refractivity contribution in [2.24, 2.45) is 0 Å². The first-order chi connectivity index (χ1) is 15.2. The third kappa shape index (κ3) is 4.24. The third-order valence-electron chi connectivity index (χ3n) is 4.90. The lowest BCUT2D eigenvalue weighted by molar-refractivity contribution is 0.0982. The van der Waals surface area contributed by atoms with Gasteiger partial charge in [-0.15, -0.1) is 11.8 Å². The van der Waals surface area contributed by atoms with Gasteiger partial charge in [-0.05, 0) is 36.1 Å². The minimum Gasteiger partial charge on any atom is -0.495 e. The number of nitrogens with zero attached hydrogens (tertiary/aromatic N) is 2. The number of hydrogen-bond acceptors (Lipinski definition) is 6. The fourth-order valence-corrected chi connectivity index (χ4v) is 5.01. The van der Waals surface area contributed by atoms with E-state index in [2.05, 4.69) is 0 Å². The highest BCUT2D eigenvalue weighted by Crippen LogP contribution is 2.41. The van der Waals surface area contributed by atoms with Crippen LogP contribution in [0.25, 0.3) is 10.2 Å². The van der Waals surface area contributed by atoms with Crippen LogP contribution in [0.15, 0.2) is 71.6 Å². The van der Waals surface area contributed by atoms with Crippen LogP contribution in [0.2, 0.25) is 0 Å². The van der Waals surface area contributed by atoms with Crippen molar-refractivity contribution in [2.45, 2.75) is 11.4 Å². The summed E-state index contributed by atoms with van der Waals surface area (Å²) in [5.41, 5.74) is 2.37. The van der Waals surface area contributed by atoms with Gasteiger partial charge in [0.15, 0.2) is 5.13 Å². The standard InChI is InChI=1S/C24H22N2O3S2/c1-28-18-13-14-19(29-2)22-21(18)25-24(31-22)26(15-16-9-5-4-6-10-16)23(27)17-11-7-8-12-20(17)30-3/h4-14H,15H2,1-3H3. The fraction of sp³-hybridized carbons (Fsp3) is 0.167. The number of fused-ring (bicyclic) bond motifs is 1. The van der Waals surface area contributed by atoms with Crippen molar-refractivity contribution in [1.82, 2.24) is 4.98 Å². The highest BCUT2D eigenvalue weighted by Gasteiger charge is 2.25. The molecule has 0 atom stereocenters. The number of aromatic nitrogens is 1. The summed E-state index contributed by atoms with van der Waals surface area (Å²) in [5, 5.41) is 0.600. The number of benzene rings is 3. The van der Waals surface area contributed by atoms with Crippen molar-refractivity contribution < 1.29 is 14.3 Å². The molecule has 0 aliphatic heterocycles. The van der Waals surface area contributed by atoms with E-state index in [1.165, 1.54) is 11.3 Å². The molecule has 0 aliphatic rings. The molecule has 1 amide bonds. The van der Waals surface area contributed by atoms with E-state index in [9.17, 15) is 4.79 Å². The molecule has 0 unspecified atom stereocenters. The Labute approximate surface area is 189 Å². The Morgan fingerprint density at radius 2 is 1.65 bits per heavy atom. The van der Waals surface area contributed by atoms with E-state index in [0.717, 1.165) is 15.2 Å². The second-order valence-corrected chi connectivity index (χ2v) is 8.55. The summed E-state index contributed by atoms with van der Waals surface area (Å²) in [6, 6.07) is 21.3. The van der Waals surface area contributed by atoms with Crippen molar-refractivity contribution in [1.29, 1.82) is 0 Å². The largest absolute Gasteiger partial charge is 0.495 e. The molecule has 0 aliphatic carbocycles. The van der Waals surface area contributed by atoms with Crippen molar-refractivity contribution in [2.75, 3.05) is 25.4 Å². The summed E-state index contributed by atoms with van der Waals surface area (Å²) in [7, 11) is 3.24. The SMILES string of the molecule is COc1ccc(OC)c2sc(N(Cc3ccccc3)C(=O)c3ccccc3SC)nc12. The molecular formula is C24H22N2O3S2. The number of carbonyl (C=O) groups excluding carboxylic acids is 1. The maximum absolute atomic E-state index is 13.7. The number of methoxy groups -OCH3 is 2. The molecule has 158 valence electrons. The predicted octanol–water partition coefficient (Wildman–Crippen LogP) is 5.88. The molecule has 0 N–H and O–H groups in total. The van der Waals surface area contributed by atoms with Crippen LogP contribution >= 0.6 is 23.1 Å². The summed E-state index contributed by atoms with van der Waals surface area (Å²) in [6.07, 6.45) is 1.97. The van der Waals surface area contributed by atoms with Gasteiger partial charge in [-0.1, -0.05) is 53.8 Å². The van der Waals surface area contributed by atoms with E-state index >= 15 is 0 Å². The second-order valence-electron chi connectivity index (χ2n) is 6.72. The molecule has 4 aromatic rings. The molecule has 1 heterocycles. The van der Waals surface area contributed by atoms with Gasteiger partial charge in [0, 0.05) is 4.90 Å². The Morgan fingerprint density at radius 1 is 0.968 bits per heavy atom. The molecule has 4 rings (SSSR count). The highest BCUT2D eigenvalue weighted by molar-refractivity contribution is 7.98. The molecule has 7 heteroatoms. The number of anilines is 1. The number of thioether (sulfide) groups is 1. The zero-order chi connectivity index (χ0) is 21.8. The Balaban J connectivity index is 1.85. The average molecular weight is 451 g/mol. The second kappa shape index (κ2) is 9.41. The van der Waals surface area contributed by atoms with Gasteiger partial charge in [0.05, 0.1) is 26.3 Å². The molecule has 0 spiro atoms. The summed E-state index contributed by atoms with van der Waals surface area (Å²) in [6.45, 7) is 0.410. The molecule has 5 nitrogen and oxygen atoms in total. The Morgan fingerprint density at radius 3 is 2.35 bits per heavy atom. The molecule has 0 fully saturated rings. The molecular weight excluding hydrogens is 428 g/mol. The molecule has 0 saturated heterocycles. The summed E-state index contributed by atoms with van der Waals surface area (Å²) in [4.78, 5) is 21.2. The van der Waals surface area contributed by atoms with Gasteiger partial charge < -0.3 is 9.47 Å². The fourth-order valence-electron chi connectivity index (χ4n) is 3.35. The first-order valence-electron chi connectivity index (χ1n) is 9.66. The van der Waals surface area contributed by atoms with Gasteiger partial charge >= 0.3 is 0 Å². The quantitative estimate of drug-likeness (QED) is 0.329. The lowest BCUT2D eigenvalue weighted by Crippen LogP contribution is -2.30. The van der Waals surface area contributed by atoms with Crippen LogP contribution in [0.1, 0.15) is 15.9 Å². The Kier molecular flexibility index (Phi) is 6.44. The molecule has 3 aromatic carbocycles. The van der Waals surface area contributed by atoms with Crippen LogP contribution in [0.5, 0.6) is 11.5 Å². The summed E-state index contributed by atoms with van der Waals surface area (Å²) in [5.74, 6) is 1.26. The highest BCUT2D eigenvalue weighted by atomic mass is 32.2. The normalized spacial score (nSPS) is 10.8. The molecule has 0 radical (unpaired) electrons. The first-order valence-corrected chi connectivity index (χ1v) is 11.7. The van der Waals surface area contributed by atoms with Gasteiger partial charge in [0.1, 0.15) is 21.7 Å². The van der Waals surface area contributed by atoms with E-state index in [4.69, 9.17) is 14.5 Å². The number of thiazole rings is 1. The van der Waals surface area contributed by atoms with Crippen molar-refractivity contribution >= 4 is 44.4 Å². The van der Waals surface area contributed by atoms with Gasteiger partial charge in [-0.25, -0.2) is 4.98 Å². The van der Waals surface area contributed by atoms with Gasteiger partial charge in [0.2, 0.25) is 0 Å². The Bertz CT molecular complexity index is 1170. The number of carbonyl (C=O) groups is 1. The van der Waals surface area contributed by atoms with Gasteiger partial charge in [0.25, 0.3) is 5.91 Å². The van der Waals surface area contributed by atoms with E-state index in [1.54, 1.807) is 30.9 Å². The summed E-state index contributed by atoms with van der Waals surface area (Å²) >= 11 is 2.98. The predicted molar refractivity (Wildman–Crippen MR) is 128 cm³/mol. The van der Waals surface area contributed by atoms with E-state index in [-0.39, 0.29) is 5.91 Å². The Hall–Kier alpha value is -3.03. The average Bonchev–Trinajstić information content (AvgIpc) is 3.27. The zero-order valence-corrected chi connectivity index (χ0v) is 19.1. The third-order valence-corrected chi connectivity index (χ3v) is 6.78.